The molecule has 26 heavy (non-hydrogen) atoms. The third-order valence-corrected chi connectivity index (χ3v) is 4.74. The lowest BCUT2D eigenvalue weighted by Gasteiger charge is -2.43. The number of Topliss-reactive ketones (excluding diaryl/α,β-unsaturated/α-hetero) is 1. The summed E-state index contributed by atoms with van der Waals surface area (Å²) in [7, 11) is 0. The molecular weight excluding hydrogens is 335 g/mol. The lowest BCUT2D eigenvalue weighted by Crippen LogP contribution is -2.55. The van der Waals surface area contributed by atoms with Crippen LogP contribution in [-0.4, -0.2) is 28.6 Å². The second kappa shape index (κ2) is 6.52. The Morgan fingerprint density at radius 1 is 1.31 bits per heavy atom. The van der Waals surface area contributed by atoms with Crippen LogP contribution in [0.3, 0.4) is 0 Å². The van der Waals surface area contributed by atoms with Gasteiger partial charge >= 0.3 is 0 Å². The average Bonchev–Trinajstić information content (AvgIpc) is 2.62. The molecule has 0 saturated heterocycles. The highest BCUT2D eigenvalue weighted by atomic mass is 19.1. The minimum Gasteiger partial charge on any atom is -0.485 e. The lowest BCUT2D eigenvalue weighted by molar-refractivity contribution is -0.0608. The van der Waals surface area contributed by atoms with Gasteiger partial charge in [0.05, 0.1) is 17.7 Å². The van der Waals surface area contributed by atoms with Gasteiger partial charge in [0.1, 0.15) is 23.3 Å². The molecule has 0 spiro atoms. The second-order valence-electron chi connectivity index (χ2n) is 6.94. The highest BCUT2D eigenvalue weighted by Crippen LogP contribution is 2.43. The first-order valence-corrected chi connectivity index (χ1v) is 8.21. The molecule has 0 aromatic heterocycles. The van der Waals surface area contributed by atoms with Gasteiger partial charge in [-0.05, 0) is 56.3 Å². The number of benzene rings is 2. The highest BCUT2D eigenvalue weighted by Gasteiger charge is 2.47. The molecule has 1 aliphatic rings. The molecule has 0 bridgehead atoms. The van der Waals surface area contributed by atoms with Crippen LogP contribution in [0.2, 0.25) is 0 Å². The van der Waals surface area contributed by atoms with E-state index in [1.54, 1.807) is 32.0 Å². The van der Waals surface area contributed by atoms with Crippen molar-refractivity contribution in [3.05, 3.63) is 65.0 Å². The molecule has 0 amide bonds. The van der Waals surface area contributed by atoms with E-state index in [2.05, 4.69) is 0 Å². The summed E-state index contributed by atoms with van der Waals surface area (Å²) in [5.41, 5.74) is 6.42. The molecule has 5 nitrogen and oxygen atoms in total. The predicted octanol–water partition coefficient (Wildman–Crippen LogP) is 2.52. The van der Waals surface area contributed by atoms with Gasteiger partial charge in [-0.15, -0.1) is 0 Å². The van der Waals surface area contributed by atoms with Crippen molar-refractivity contribution in [3.8, 4) is 11.8 Å². The molecular formula is C20H19FN2O3. The maximum atomic E-state index is 13.1. The Bertz CT molecular complexity index is 887. The maximum Gasteiger partial charge on any atom is 0.180 e. The van der Waals surface area contributed by atoms with Gasteiger partial charge in [-0.2, -0.15) is 5.26 Å². The van der Waals surface area contributed by atoms with Gasteiger partial charge in [-0.25, -0.2) is 4.39 Å². The number of rotatable bonds is 3. The van der Waals surface area contributed by atoms with Gasteiger partial charge in [-0.3, -0.25) is 4.79 Å². The molecule has 134 valence electrons. The highest BCUT2D eigenvalue weighted by molar-refractivity contribution is 6.00. The largest absolute Gasteiger partial charge is 0.485 e. The number of aliphatic hydroxyl groups is 1. The standard InChI is InChI=1S/C20H19FN2O3/c1-20(2)19(25)16(14-9-11(10-22)3-8-15(14)26-20)17(23)18(24)12-4-6-13(21)7-5-12/h3-9,16-17,19,25H,23H2,1-2H3. The van der Waals surface area contributed by atoms with Crippen molar-refractivity contribution in [3.63, 3.8) is 0 Å². The van der Waals surface area contributed by atoms with E-state index >= 15 is 0 Å². The summed E-state index contributed by atoms with van der Waals surface area (Å²) in [6.07, 6.45) is -1.07. The SMILES string of the molecule is CC1(C)Oc2ccc(C#N)cc2C(C(N)C(=O)c2ccc(F)cc2)C1O. The predicted molar refractivity (Wildman–Crippen MR) is 93.3 cm³/mol. The molecule has 3 atom stereocenters. The van der Waals surface area contributed by atoms with Crippen LogP contribution >= 0.6 is 0 Å². The maximum absolute atomic E-state index is 13.1. The first-order chi connectivity index (χ1) is 12.2. The van der Waals surface area contributed by atoms with Crippen LogP contribution in [0.5, 0.6) is 5.75 Å². The van der Waals surface area contributed by atoms with Crippen molar-refractivity contribution in [1.29, 1.82) is 5.26 Å². The van der Waals surface area contributed by atoms with Crippen molar-refractivity contribution in [1.82, 2.24) is 0 Å². The van der Waals surface area contributed by atoms with Crippen molar-refractivity contribution >= 4 is 5.78 Å². The van der Waals surface area contributed by atoms with Crippen molar-refractivity contribution < 1.29 is 19.0 Å². The quantitative estimate of drug-likeness (QED) is 0.826. The van der Waals surface area contributed by atoms with E-state index in [4.69, 9.17) is 15.7 Å². The summed E-state index contributed by atoms with van der Waals surface area (Å²) in [6.45, 7) is 3.42. The molecule has 2 aromatic rings. The van der Waals surface area contributed by atoms with Crippen LogP contribution in [-0.2, 0) is 0 Å². The van der Waals surface area contributed by atoms with Crippen LogP contribution in [0, 0.1) is 17.1 Å². The summed E-state index contributed by atoms with van der Waals surface area (Å²) in [5, 5.41) is 20.0. The first-order valence-electron chi connectivity index (χ1n) is 8.21. The molecule has 3 N–H and O–H groups in total. The monoisotopic (exact) mass is 354 g/mol. The molecule has 3 unspecified atom stereocenters. The van der Waals surface area contributed by atoms with Gasteiger partial charge in [0.2, 0.25) is 0 Å². The number of fused-ring (bicyclic) bond motifs is 1. The van der Waals surface area contributed by atoms with E-state index in [1.165, 1.54) is 24.3 Å². The van der Waals surface area contributed by atoms with Crippen LogP contribution in [0.15, 0.2) is 42.5 Å². The third-order valence-electron chi connectivity index (χ3n) is 4.74. The Morgan fingerprint density at radius 3 is 2.58 bits per heavy atom. The summed E-state index contributed by atoms with van der Waals surface area (Å²) in [6, 6.07) is 10.9. The van der Waals surface area contributed by atoms with Gasteiger partial charge in [0.25, 0.3) is 0 Å². The van der Waals surface area contributed by atoms with Crippen LogP contribution in [0.4, 0.5) is 4.39 Å². The van der Waals surface area contributed by atoms with Crippen LogP contribution in [0.1, 0.15) is 41.3 Å². The number of nitrogens with two attached hydrogens (primary N) is 1. The summed E-state index contributed by atoms with van der Waals surface area (Å²) in [4.78, 5) is 12.8. The zero-order valence-corrected chi connectivity index (χ0v) is 14.4. The lowest BCUT2D eigenvalue weighted by atomic mass is 9.75. The third kappa shape index (κ3) is 3.07. The molecule has 3 rings (SSSR count). The van der Waals surface area contributed by atoms with E-state index in [1.807, 2.05) is 6.07 Å². The first kappa shape index (κ1) is 18.1. The number of ether oxygens (including phenoxy) is 1. The number of carbonyl (C=O) groups is 1. The fraction of sp³-hybridized carbons (Fsp3) is 0.300. The van der Waals surface area contributed by atoms with Gasteiger partial charge in [0.15, 0.2) is 5.78 Å². The minimum atomic E-state index is -1.08. The Labute approximate surface area is 150 Å². The Kier molecular flexibility index (Phi) is 4.53. The van der Waals surface area contributed by atoms with E-state index in [0.717, 1.165) is 0 Å². The zero-order valence-electron chi connectivity index (χ0n) is 14.4. The second-order valence-corrected chi connectivity index (χ2v) is 6.94. The van der Waals surface area contributed by atoms with E-state index in [0.29, 0.717) is 16.9 Å². The zero-order chi connectivity index (χ0) is 19.1. The Morgan fingerprint density at radius 2 is 1.96 bits per heavy atom. The number of nitrogens with zero attached hydrogens (tertiary/aromatic N) is 1. The van der Waals surface area contributed by atoms with E-state index in [-0.39, 0.29) is 5.56 Å². The molecule has 2 aromatic carbocycles. The number of ketones is 1. The normalized spacial score (nSPS) is 21.8. The van der Waals surface area contributed by atoms with Crippen molar-refractivity contribution in [2.45, 2.75) is 37.5 Å². The number of hydrogen-bond donors (Lipinski definition) is 2. The van der Waals surface area contributed by atoms with Gasteiger partial charge < -0.3 is 15.6 Å². The number of carbonyl (C=O) groups excluding carboxylic acids is 1. The Hall–Kier alpha value is -2.75. The van der Waals surface area contributed by atoms with Crippen LogP contribution < -0.4 is 10.5 Å². The molecule has 1 aliphatic heterocycles. The average molecular weight is 354 g/mol. The molecule has 0 fully saturated rings. The van der Waals surface area contributed by atoms with E-state index in [9.17, 15) is 14.3 Å². The molecule has 0 saturated carbocycles. The summed E-state index contributed by atoms with van der Waals surface area (Å²) < 4.78 is 19.0. The fourth-order valence-corrected chi connectivity index (χ4v) is 3.28. The molecule has 0 aliphatic carbocycles. The number of halogens is 1. The minimum absolute atomic E-state index is 0.258. The van der Waals surface area contributed by atoms with Crippen molar-refractivity contribution in [2.24, 2.45) is 5.73 Å². The fourth-order valence-electron chi connectivity index (χ4n) is 3.28. The Balaban J connectivity index is 2.05. The van der Waals surface area contributed by atoms with Crippen molar-refractivity contribution in [2.75, 3.05) is 0 Å². The number of hydrogen-bond acceptors (Lipinski definition) is 5. The summed E-state index contributed by atoms with van der Waals surface area (Å²) >= 11 is 0. The smallest absolute Gasteiger partial charge is 0.180 e. The molecule has 0 radical (unpaired) electrons. The molecule has 1 heterocycles. The summed E-state index contributed by atoms with van der Waals surface area (Å²) in [5.74, 6) is -1.15. The molecule has 6 heteroatoms. The van der Waals surface area contributed by atoms with Gasteiger partial charge in [-0.1, -0.05) is 0 Å². The topological polar surface area (TPSA) is 96.3 Å². The van der Waals surface area contributed by atoms with E-state index < -0.39 is 35.3 Å². The number of aliphatic hydroxyl groups excluding tert-OH is 1. The van der Waals surface area contributed by atoms with Gasteiger partial charge in [0, 0.05) is 17.0 Å². The van der Waals surface area contributed by atoms with Crippen LogP contribution in [0.25, 0.3) is 0 Å². The number of nitriles is 1.